The molecule has 0 saturated carbocycles. The van der Waals surface area contributed by atoms with Crippen molar-refractivity contribution >= 4 is 23.1 Å². The predicted molar refractivity (Wildman–Crippen MR) is 122 cm³/mol. The first-order chi connectivity index (χ1) is 15.5. The molecule has 0 aliphatic carbocycles. The molecule has 4 rings (SSSR count). The lowest BCUT2D eigenvalue weighted by molar-refractivity contribution is -0.158. The van der Waals surface area contributed by atoms with Crippen LogP contribution in [0, 0.1) is 11.7 Å². The Kier molecular flexibility index (Phi) is 6.45. The van der Waals surface area contributed by atoms with Crippen LogP contribution in [-0.2, 0) is 20.7 Å². The van der Waals surface area contributed by atoms with E-state index in [2.05, 4.69) is 18.7 Å². The Labute approximate surface area is 186 Å². The quantitative estimate of drug-likeness (QED) is 0.274. The third-order valence-corrected chi connectivity index (χ3v) is 5.68. The van der Waals surface area contributed by atoms with E-state index in [1.807, 2.05) is 36.4 Å². The van der Waals surface area contributed by atoms with E-state index in [4.69, 9.17) is 4.74 Å². The molecule has 0 spiro atoms. The fourth-order valence-corrected chi connectivity index (χ4v) is 3.91. The number of halogens is 1. The van der Waals surface area contributed by atoms with Crippen LogP contribution < -0.4 is 4.90 Å². The van der Waals surface area contributed by atoms with Gasteiger partial charge in [-0.15, -0.1) is 0 Å². The third kappa shape index (κ3) is 4.62. The highest BCUT2D eigenvalue weighted by Crippen LogP contribution is 2.37. The number of amides is 1. The van der Waals surface area contributed by atoms with E-state index in [1.54, 1.807) is 12.1 Å². The average molecular weight is 429 g/mol. The molecule has 1 fully saturated rings. The van der Waals surface area contributed by atoms with Crippen molar-refractivity contribution in [1.29, 1.82) is 0 Å². The summed E-state index contributed by atoms with van der Waals surface area (Å²) in [5.41, 5.74) is 2.59. The SMILES string of the molecule is C=C(C(=O)OC1C(CCCc2ccccc2)C(=O)N1c1ccc(F)cc1)c1ccccc1. The van der Waals surface area contributed by atoms with Crippen molar-refractivity contribution in [2.24, 2.45) is 5.92 Å². The standard InChI is InChI=1S/C27H24FNO3/c1-19(21-12-6-3-7-13-21)27(31)32-26-24(14-8-11-20-9-4-2-5-10-20)25(30)29(26)23-17-15-22(28)16-18-23/h2-7,9-10,12-13,15-18,24,26H,1,8,11,14H2. The second-order valence-corrected chi connectivity index (χ2v) is 7.81. The summed E-state index contributed by atoms with van der Waals surface area (Å²) in [5, 5.41) is 0. The summed E-state index contributed by atoms with van der Waals surface area (Å²) in [4.78, 5) is 27.2. The van der Waals surface area contributed by atoms with E-state index < -0.39 is 23.9 Å². The van der Waals surface area contributed by atoms with Gasteiger partial charge in [0.05, 0.1) is 11.5 Å². The van der Waals surface area contributed by atoms with Gasteiger partial charge in [0.2, 0.25) is 5.91 Å². The maximum Gasteiger partial charge on any atom is 0.340 e. The molecule has 0 N–H and O–H groups in total. The Morgan fingerprint density at radius 1 is 0.938 bits per heavy atom. The molecule has 1 aliphatic rings. The molecule has 1 amide bonds. The topological polar surface area (TPSA) is 46.6 Å². The number of hydrogen-bond acceptors (Lipinski definition) is 3. The molecule has 2 atom stereocenters. The van der Waals surface area contributed by atoms with Gasteiger partial charge in [0.1, 0.15) is 5.82 Å². The van der Waals surface area contributed by atoms with E-state index >= 15 is 0 Å². The molecule has 1 aliphatic heterocycles. The normalized spacial score (nSPS) is 17.5. The van der Waals surface area contributed by atoms with Crippen LogP contribution in [0.3, 0.4) is 0 Å². The van der Waals surface area contributed by atoms with Crippen LogP contribution in [0.4, 0.5) is 10.1 Å². The zero-order valence-corrected chi connectivity index (χ0v) is 17.6. The smallest absolute Gasteiger partial charge is 0.340 e. The zero-order valence-electron chi connectivity index (χ0n) is 17.6. The lowest BCUT2D eigenvalue weighted by Gasteiger charge is -2.46. The van der Waals surface area contributed by atoms with Crippen LogP contribution in [0.2, 0.25) is 0 Å². The Morgan fingerprint density at radius 2 is 1.56 bits per heavy atom. The van der Waals surface area contributed by atoms with Gasteiger partial charge in [-0.1, -0.05) is 67.2 Å². The first kappa shape index (κ1) is 21.5. The molecule has 1 heterocycles. The molecule has 4 nitrogen and oxygen atoms in total. The number of esters is 1. The van der Waals surface area contributed by atoms with Crippen molar-refractivity contribution in [2.75, 3.05) is 4.90 Å². The van der Waals surface area contributed by atoms with Crippen LogP contribution >= 0.6 is 0 Å². The highest BCUT2D eigenvalue weighted by molar-refractivity contribution is 6.16. The number of β-lactam (4-membered cyclic amide) rings is 1. The fraction of sp³-hybridized carbons (Fsp3) is 0.185. The third-order valence-electron chi connectivity index (χ3n) is 5.68. The van der Waals surface area contributed by atoms with Crippen molar-refractivity contribution < 1.29 is 18.7 Å². The van der Waals surface area contributed by atoms with Gasteiger partial charge in [0.25, 0.3) is 0 Å². The second kappa shape index (κ2) is 9.60. The van der Waals surface area contributed by atoms with E-state index in [9.17, 15) is 14.0 Å². The minimum atomic E-state index is -0.753. The maximum atomic E-state index is 13.4. The molecule has 3 aromatic rings. The molecule has 162 valence electrons. The van der Waals surface area contributed by atoms with E-state index in [-0.39, 0.29) is 11.5 Å². The van der Waals surface area contributed by atoms with Crippen molar-refractivity contribution in [1.82, 2.24) is 0 Å². The van der Waals surface area contributed by atoms with Crippen LogP contribution in [-0.4, -0.2) is 18.1 Å². The van der Waals surface area contributed by atoms with E-state index in [1.165, 1.54) is 34.7 Å². The Bertz CT molecular complexity index is 1100. The average Bonchev–Trinajstić information content (AvgIpc) is 2.83. The van der Waals surface area contributed by atoms with Crippen LogP contribution in [0.1, 0.15) is 24.0 Å². The molecular weight excluding hydrogens is 405 g/mol. The molecule has 32 heavy (non-hydrogen) atoms. The zero-order chi connectivity index (χ0) is 22.5. The molecular formula is C27H24FNO3. The molecule has 2 unspecified atom stereocenters. The predicted octanol–water partition coefficient (Wildman–Crippen LogP) is 5.39. The largest absolute Gasteiger partial charge is 0.437 e. The number of hydrogen-bond donors (Lipinski definition) is 0. The highest BCUT2D eigenvalue weighted by Gasteiger charge is 2.50. The maximum absolute atomic E-state index is 13.4. The lowest BCUT2D eigenvalue weighted by Crippen LogP contribution is -2.63. The molecule has 5 heteroatoms. The number of carbonyl (C=O) groups is 2. The molecule has 0 radical (unpaired) electrons. The summed E-state index contributed by atoms with van der Waals surface area (Å²) in [6.45, 7) is 3.86. The Morgan fingerprint density at radius 3 is 2.22 bits per heavy atom. The summed E-state index contributed by atoms with van der Waals surface area (Å²) in [7, 11) is 0. The molecule has 3 aromatic carbocycles. The minimum absolute atomic E-state index is 0.132. The number of carbonyl (C=O) groups excluding carboxylic acids is 2. The first-order valence-electron chi connectivity index (χ1n) is 10.6. The first-order valence-corrected chi connectivity index (χ1v) is 10.6. The molecule has 0 aromatic heterocycles. The number of benzene rings is 3. The van der Waals surface area contributed by atoms with Gasteiger partial charge in [-0.2, -0.15) is 0 Å². The van der Waals surface area contributed by atoms with E-state index in [0.29, 0.717) is 17.7 Å². The van der Waals surface area contributed by atoms with Gasteiger partial charge in [-0.05, 0) is 54.7 Å². The summed E-state index contributed by atoms with van der Waals surface area (Å²) >= 11 is 0. The van der Waals surface area contributed by atoms with Crippen molar-refractivity contribution in [3.63, 3.8) is 0 Å². The van der Waals surface area contributed by atoms with Gasteiger partial charge >= 0.3 is 5.97 Å². The van der Waals surface area contributed by atoms with Crippen molar-refractivity contribution in [3.05, 3.63) is 108 Å². The number of ether oxygens (including phenoxy) is 1. The van der Waals surface area contributed by atoms with Gasteiger partial charge < -0.3 is 4.74 Å². The lowest BCUT2D eigenvalue weighted by atomic mass is 9.88. The number of rotatable bonds is 8. The van der Waals surface area contributed by atoms with E-state index in [0.717, 1.165) is 12.8 Å². The summed E-state index contributed by atoms with van der Waals surface area (Å²) in [6.07, 6.45) is 1.45. The Balaban J connectivity index is 1.48. The number of anilines is 1. The minimum Gasteiger partial charge on any atom is -0.437 e. The van der Waals surface area contributed by atoms with Crippen molar-refractivity contribution in [3.8, 4) is 0 Å². The van der Waals surface area contributed by atoms with Gasteiger partial charge in [-0.25, -0.2) is 9.18 Å². The second-order valence-electron chi connectivity index (χ2n) is 7.81. The molecule has 0 bridgehead atoms. The van der Waals surface area contributed by atoms with Crippen LogP contribution in [0.25, 0.3) is 5.57 Å². The van der Waals surface area contributed by atoms with Crippen molar-refractivity contribution in [2.45, 2.75) is 25.5 Å². The van der Waals surface area contributed by atoms with Crippen LogP contribution in [0.5, 0.6) is 0 Å². The highest BCUT2D eigenvalue weighted by atomic mass is 19.1. The van der Waals surface area contributed by atoms with Gasteiger partial charge in [0.15, 0.2) is 6.23 Å². The number of nitrogens with zero attached hydrogens (tertiary/aromatic N) is 1. The summed E-state index contributed by atoms with van der Waals surface area (Å²) in [6, 6.07) is 24.7. The molecule has 1 saturated heterocycles. The fourth-order valence-electron chi connectivity index (χ4n) is 3.91. The summed E-state index contributed by atoms with van der Waals surface area (Å²) < 4.78 is 19.1. The Hall–Kier alpha value is -3.73. The summed E-state index contributed by atoms with van der Waals surface area (Å²) in [5.74, 6) is -1.55. The van der Waals surface area contributed by atoms with Crippen LogP contribution in [0.15, 0.2) is 91.5 Å². The van der Waals surface area contributed by atoms with Gasteiger partial charge in [-0.3, -0.25) is 9.69 Å². The van der Waals surface area contributed by atoms with Gasteiger partial charge in [0, 0.05) is 5.69 Å². The monoisotopic (exact) mass is 429 g/mol. The number of aryl methyl sites for hydroxylation is 1.